The predicted octanol–water partition coefficient (Wildman–Crippen LogP) is 2.95. The lowest BCUT2D eigenvalue weighted by atomic mass is 9.87. The zero-order chi connectivity index (χ0) is 24.2. The van der Waals surface area contributed by atoms with Crippen LogP contribution in [0.1, 0.15) is 48.6 Å². The molecule has 0 saturated carbocycles. The van der Waals surface area contributed by atoms with Crippen molar-refractivity contribution in [2.75, 3.05) is 39.3 Å². The fraction of sp³-hybridized carbons (Fsp3) is 0.444. The molecular weight excluding hydrogens is 430 g/mol. The summed E-state index contributed by atoms with van der Waals surface area (Å²) in [6.45, 7) is 8.29. The van der Waals surface area contributed by atoms with E-state index in [2.05, 4.69) is 37.3 Å². The summed E-state index contributed by atoms with van der Waals surface area (Å²) in [6.07, 6.45) is 1.25. The maximum Gasteiger partial charge on any atom is 0.260 e. The minimum atomic E-state index is -0.171. The van der Waals surface area contributed by atoms with Gasteiger partial charge in [0.25, 0.3) is 5.91 Å². The zero-order valence-electron chi connectivity index (χ0n) is 20.3. The summed E-state index contributed by atoms with van der Waals surface area (Å²) in [5, 5.41) is 0. The number of nitrogens with zero attached hydrogens (tertiary/aromatic N) is 3. The predicted molar refractivity (Wildman–Crippen MR) is 130 cm³/mol. The van der Waals surface area contributed by atoms with Crippen LogP contribution in [-0.4, -0.2) is 71.8 Å². The first-order chi connectivity index (χ1) is 16.4. The third kappa shape index (κ3) is 5.08. The second kappa shape index (κ2) is 10.3. The van der Waals surface area contributed by atoms with Gasteiger partial charge in [0.15, 0.2) is 6.61 Å². The van der Waals surface area contributed by atoms with Crippen molar-refractivity contribution >= 4 is 17.7 Å². The highest BCUT2D eigenvalue weighted by molar-refractivity contribution is 5.79. The van der Waals surface area contributed by atoms with Crippen LogP contribution in [0.25, 0.3) is 0 Å². The summed E-state index contributed by atoms with van der Waals surface area (Å²) in [5.41, 5.74) is 4.50. The number of carbonyl (C=O) groups excluding carboxylic acids is 3. The first-order valence-corrected chi connectivity index (χ1v) is 12.0. The van der Waals surface area contributed by atoms with Crippen LogP contribution < -0.4 is 4.74 Å². The molecule has 2 aliphatic heterocycles. The molecule has 0 bridgehead atoms. The molecule has 2 aromatic rings. The summed E-state index contributed by atoms with van der Waals surface area (Å²) < 4.78 is 5.91. The monoisotopic (exact) mass is 463 g/mol. The summed E-state index contributed by atoms with van der Waals surface area (Å²) >= 11 is 0. The third-order valence-electron chi connectivity index (χ3n) is 6.80. The molecular formula is C27H33N3O4. The maximum atomic E-state index is 12.8. The Morgan fingerprint density at radius 1 is 0.912 bits per heavy atom. The van der Waals surface area contributed by atoms with Crippen LogP contribution in [0.5, 0.6) is 5.75 Å². The molecule has 7 heteroatoms. The van der Waals surface area contributed by atoms with Crippen LogP contribution in [0.15, 0.2) is 42.5 Å². The van der Waals surface area contributed by atoms with E-state index in [0.29, 0.717) is 44.9 Å². The number of hydrogen-bond acceptors (Lipinski definition) is 4. The normalized spacial score (nSPS) is 17.9. The number of benzene rings is 2. The molecule has 3 amide bonds. The van der Waals surface area contributed by atoms with Gasteiger partial charge in [-0.1, -0.05) is 42.8 Å². The molecule has 4 rings (SSSR count). The van der Waals surface area contributed by atoms with Gasteiger partial charge in [0.05, 0.1) is 6.04 Å². The van der Waals surface area contributed by atoms with Gasteiger partial charge in [0.2, 0.25) is 11.8 Å². The van der Waals surface area contributed by atoms with Gasteiger partial charge < -0.3 is 19.4 Å². The van der Waals surface area contributed by atoms with Gasteiger partial charge in [-0.2, -0.15) is 0 Å². The number of ether oxygens (including phenoxy) is 1. The zero-order valence-corrected chi connectivity index (χ0v) is 20.3. The summed E-state index contributed by atoms with van der Waals surface area (Å²) in [4.78, 5) is 42.4. The highest BCUT2D eigenvalue weighted by Crippen LogP contribution is 2.37. The fourth-order valence-electron chi connectivity index (χ4n) is 4.77. The van der Waals surface area contributed by atoms with Crippen molar-refractivity contribution in [1.29, 1.82) is 0 Å². The van der Waals surface area contributed by atoms with Gasteiger partial charge in [-0.25, -0.2) is 0 Å². The van der Waals surface area contributed by atoms with Crippen molar-refractivity contribution < 1.29 is 19.1 Å². The average molecular weight is 464 g/mol. The molecule has 2 heterocycles. The average Bonchev–Trinajstić information content (AvgIpc) is 2.86. The Morgan fingerprint density at radius 2 is 1.59 bits per heavy atom. The lowest BCUT2D eigenvalue weighted by Gasteiger charge is -2.38. The first kappa shape index (κ1) is 23.8. The van der Waals surface area contributed by atoms with Gasteiger partial charge in [0.1, 0.15) is 5.75 Å². The first-order valence-electron chi connectivity index (χ1n) is 12.0. The van der Waals surface area contributed by atoms with Crippen molar-refractivity contribution in [2.24, 2.45) is 0 Å². The van der Waals surface area contributed by atoms with Gasteiger partial charge in [0, 0.05) is 46.1 Å². The number of fused-ring (bicyclic) bond motifs is 1. The molecule has 0 N–H and O–H groups in total. The number of carbonyl (C=O) groups is 3. The molecule has 2 aromatic carbocycles. The van der Waals surface area contributed by atoms with Gasteiger partial charge in [-0.15, -0.1) is 0 Å². The summed E-state index contributed by atoms with van der Waals surface area (Å²) in [6, 6.07) is 14.1. The minimum absolute atomic E-state index is 0.0381. The van der Waals surface area contributed by atoms with E-state index in [1.165, 1.54) is 11.1 Å². The summed E-state index contributed by atoms with van der Waals surface area (Å²) in [7, 11) is 0. The number of rotatable bonds is 5. The maximum absolute atomic E-state index is 12.8. The van der Waals surface area contributed by atoms with Crippen LogP contribution in [-0.2, 0) is 20.8 Å². The molecule has 7 nitrogen and oxygen atoms in total. The van der Waals surface area contributed by atoms with E-state index < -0.39 is 0 Å². The van der Waals surface area contributed by atoms with Crippen molar-refractivity contribution in [3.8, 4) is 5.75 Å². The van der Waals surface area contributed by atoms with Crippen molar-refractivity contribution in [3.63, 3.8) is 0 Å². The Balaban J connectivity index is 1.51. The molecule has 0 aliphatic carbocycles. The molecule has 0 aromatic heterocycles. The molecule has 1 fully saturated rings. The number of piperazine rings is 1. The van der Waals surface area contributed by atoms with Gasteiger partial charge >= 0.3 is 0 Å². The van der Waals surface area contributed by atoms with Crippen LogP contribution >= 0.6 is 0 Å². The largest absolute Gasteiger partial charge is 0.484 e. The van der Waals surface area contributed by atoms with E-state index in [1.807, 2.05) is 24.0 Å². The standard InChI is InChI=1S/C27H33N3O4/c1-4-25(32)30-12-11-21-9-10-23(17-24(21)27(30)22-7-5-19(2)6-8-22)34-18-26(33)29-15-13-28(14-16-29)20(3)31/h5-10,17,27H,4,11-16,18H2,1-3H3. The Kier molecular flexibility index (Phi) is 7.20. The highest BCUT2D eigenvalue weighted by Gasteiger charge is 2.32. The Hall–Kier alpha value is -3.35. The van der Waals surface area contributed by atoms with E-state index in [0.717, 1.165) is 17.5 Å². The quantitative estimate of drug-likeness (QED) is 0.684. The number of amides is 3. The highest BCUT2D eigenvalue weighted by atomic mass is 16.5. The Morgan fingerprint density at radius 3 is 2.24 bits per heavy atom. The van der Waals surface area contributed by atoms with E-state index in [-0.39, 0.29) is 30.4 Å². The van der Waals surface area contributed by atoms with Crippen LogP contribution in [0.3, 0.4) is 0 Å². The molecule has 1 saturated heterocycles. The summed E-state index contributed by atoms with van der Waals surface area (Å²) in [5.74, 6) is 0.703. The second-order valence-corrected chi connectivity index (χ2v) is 9.04. The lowest BCUT2D eigenvalue weighted by molar-refractivity contribution is -0.139. The van der Waals surface area contributed by atoms with Crippen LogP contribution in [0.2, 0.25) is 0 Å². The van der Waals surface area contributed by atoms with Crippen LogP contribution in [0.4, 0.5) is 0 Å². The molecule has 1 unspecified atom stereocenters. The van der Waals surface area contributed by atoms with E-state index in [4.69, 9.17) is 4.74 Å². The third-order valence-corrected chi connectivity index (χ3v) is 6.80. The van der Waals surface area contributed by atoms with E-state index in [9.17, 15) is 14.4 Å². The Labute approximate surface area is 201 Å². The lowest BCUT2D eigenvalue weighted by Crippen LogP contribution is -2.51. The fourth-order valence-corrected chi connectivity index (χ4v) is 4.77. The van der Waals surface area contributed by atoms with E-state index in [1.54, 1.807) is 16.7 Å². The number of hydrogen-bond donors (Lipinski definition) is 0. The number of aryl methyl sites for hydroxylation is 1. The SMILES string of the molecule is CCC(=O)N1CCc2ccc(OCC(=O)N3CCN(C(C)=O)CC3)cc2C1c1ccc(C)cc1. The molecule has 34 heavy (non-hydrogen) atoms. The van der Waals surface area contributed by atoms with Crippen LogP contribution in [0, 0.1) is 6.92 Å². The Bertz CT molecular complexity index is 1060. The van der Waals surface area contributed by atoms with Gasteiger partial charge in [-0.3, -0.25) is 14.4 Å². The smallest absolute Gasteiger partial charge is 0.260 e. The topological polar surface area (TPSA) is 70.2 Å². The van der Waals surface area contributed by atoms with Crippen molar-refractivity contribution in [1.82, 2.24) is 14.7 Å². The molecule has 0 radical (unpaired) electrons. The van der Waals surface area contributed by atoms with Crippen molar-refractivity contribution in [2.45, 2.75) is 39.7 Å². The van der Waals surface area contributed by atoms with Gasteiger partial charge in [-0.05, 0) is 42.2 Å². The molecule has 1 atom stereocenters. The molecule has 2 aliphatic rings. The molecule has 0 spiro atoms. The van der Waals surface area contributed by atoms with E-state index >= 15 is 0 Å². The second-order valence-electron chi connectivity index (χ2n) is 9.04. The molecule has 180 valence electrons. The van der Waals surface area contributed by atoms with Crippen molar-refractivity contribution in [3.05, 3.63) is 64.7 Å². The minimum Gasteiger partial charge on any atom is -0.484 e.